The molecular weight excluding hydrogens is 580 g/mol. The van der Waals surface area contributed by atoms with Gasteiger partial charge in [-0.3, -0.25) is 4.55 Å². The second kappa shape index (κ2) is 24.0. The number of carbonyl (C=O) groups excluding carboxylic acids is 2. The van der Waals surface area contributed by atoms with Crippen LogP contribution in [0.25, 0.3) is 0 Å². The molecule has 0 spiro atoms. The molecule has 1 aromatic carbocycles. The zero-order chi connectivity index (χ0) is 30.9. The van der Waals surface area contributed by atoms with E-state index in [9.17, 15) is 22.6 Å². The van der Waals surface area contributed by atoms with Crippen molar-refractivity contribution in [3.8, 4) is 0 Å². The summed E-state index contributed by atoms with van der Waals surface area (Å²) >= 11 is 0. The summed E-state index contributed by atoms with van der Waals surface area (Å²) in [5.74, 6) is -1.31. The van der Waals surface area contributed by atoms with Crippen molar-refractivity contribution in [2.45, 2.75) is 11.8 Å². The molecule has 0 unspecified atom stereocenters. The molecule has 0 radical (unpaired) electrons. The van der Waals surface area contributed by atoms with Crippen LogP contribution < -0.4 is 0 Å². The third-order valence-electron chi connectivity index (χ3n) is 4.89. The first kappa shape index (κ1) is 37.6. The first-order chi connectivity index (χ1) is 20.2. The number of carbonyl (C=O) groups is 2. The molecule has 1 rings (SSSR count). The molecule has 42 heavy (non-hydrogen) atoms. The third-order valence-corrected chi connectivity index (χ3v) is 5.80. The molecular formula is C27H42O14S. The Morgan fingerprint density at radius 2 is 0.952 bits per heavy atom. The molecule has 15 heteroatoms. The summed E-state index contributed by atoms with van der Waals surface area (Å²) in [5, 5.41) is 0. The van der Waals surface area contributed by atoms with Gasteiger partial charge >= 0.3 is 11.9 Å². The maximum atomic E-state index is 12.0. The van der Waals surface area contributed by atoms with Gasteiger partial charge in [-0.05, 0) is 19.1 Å². The Morgan fingerprint density at radius 1 is 0.619 bits per heavy atom. The number of esters is 2. The Bertz CT molecular complexity index is 998. The minimum absolute atomic E-state index is 0.0883. The summed E-state index contributed by atoms with van der Waals surface area (Å²) < 4.78 is 79.3. The molecule has 0 atom stereocenters. The van der Waals surface area contributed by atoms with E-state index in [2.05, 4.69) is 6.58 Å². The van der Waals surface area contributed by atoms with E-state index in [1.54, 1.807) is 6.92 Å². The zero-order valence-electron chi connectivity index (χ0n) is 24.0. The van der Waals surface area contributed by atoms with Crippen molar-refractivity contribution in [2.24, 2.45) is 0 Å². The number of ether oxygens (including phenoxy) is 9. The SMILES string of the molecule is C=C(C)C(=O)OCCOCCOCCOCCOCCOCCOCCOCCOC(=O)c1ccccc1S(=O)(=O)O. The Labute approximate surface area is 246 Å². The van der Waals surface area contributed by atoms with Gasteiger partial charge in [-0.15, -0.1) is 0 Å². The van der Waals surface area contributed by atoms with Crippen LogP contribution >= 0.6 is 0 Å². The van der Waals surface area contributed by atoms with Crippen LogP contribution in [0.1, 0.15) is 17.3 Å². The van der Waals surface area contributed by atoms with E-state index in [0.717, 1.165) is 6.07 Å². The van der Waals surface area contributed by atoms with Crippen LogP contribution in [0, 0.1) is 0 Å². The molecule has 1 N–H and O–H groups in total. The van der Waals surface area contributed by atoms with Crippen molar-refractivity contribution in [2.75, 3.05) is 106 Å². The Morgan fingerprint density at radius 3 is 1.31 bits per heavy atom. The summed E-state index contributed by atoms with van der Waals surface area (Å²) in [6, 6.07) is 5.22. The van der Waals surface area contributed by atoms with Crippen LogP contribution in [0.4, 0.5) is 0 Å². The van der Waals surface area contributed by atoms with Crippen molar-refractivity contribution >= 4 is 22.1 Å². The zero-order valence-corrected chi connectivity index (χ0v) is 24.8. The normalized spacial score (nSPS) is 11.4. The van der Waals surface area contributed by atoms with Crippen molar-refractivity contribution in [3.63, 3.8) is 0 Å². The number of hydrogen-bond acceptors (Lipinski definition) is 13. The number of benzene rings is 1. The highest BCUT2D eigenvalue weighted by Crippen LogP contribution is 2.16. The van der Waals surface area contributed by atoms with Gasteiger partial charge in [0.05, 0.1) is 98.1 Å². The number of rotatable bonds is 27. The molecule has 0 aliphatic heterocycles. The maximum Gasteiger partial charge on any atom is 0.339 e. The third kappa shape index (κ3) is 19.6. The Kier molecular flexibility index (Phi) is 21.5. The average Bonchev–Trinajstić information content (AvgIpc) is 2.96. The van der Waals surface area contributed by atoms with E-state index < -0.39 is 27.0 Å². The average molecular weight is 623 g/mol. The molecule has 0 heterocycles. The lowest BCUT2D eigenvalue weighted by molar-refractivity contribution is -0.140. The molecule has 0 aliphatic rings. The molecule has 14 nitrogen and oxygen atoms in total. The molecule has 240 valence electrons. The molecule has 0 saturated heterocycles. The summed E-state index contributed by atoms with van der Waals surface area (Å²) in [6.45, 7) is 10.3. The summed E-state index contributed by atoms with van der Waals surface area (Å²) in [5.41, 5.74) is 0.104. The largest absolute Gasteiger partial charge is 0.460 e. The van der Waals surface area contributed by atoms with Gasteiger partial charge in [0.15, 0.2) is 0 Å². The quantitative estimate of drug-likeness (QED) is 0.0644. The summed E-state index contributed by atoms with van der Waals surface area (Å²) in [4.78, 5) is 22.7. The van der Waals surface area contributed by atoms with E-state index >= 15 is 0 Å². The first-order valence-corrected chi connectivity index (χ1v) is 14.8. The van der Waals surface area contributed by atoms with Crippen molar-refractivity contribution in [1.29, 1.82) is 0 Å². The van der Waals surface area contributed by atoms with Gasteiger partial charge in [-0.2, -0.15) is 8.42 Å². The first-order valence-electron chi connectivity index (χ1n) is 13.3. The van der Waals surface area contributed by atoms with E-state index in [-0.39, 0.29) is 32.0 Å². The van der Waals surface area contributed by atoms with Crippen LogP contribution in [-0.4, -0.2) is 131 Å². The van der Waals surface area contributed by atoms with Gasteiger partial charge in [-0.1, -0.05) is 18.7 Å². The maximum absolute atomic E-state index is 12.0. The monoisotopic (exact) mass is 622 g/mol. The molecule has 0 amide bonds. The van der Waals surface area contributed by atoms with Crippen molar-refractivity contribution in [3.05, 3.63) is 42.0 Å². The van der Waals surface area contributed by atoms with Gasteiger partial charge in [-0.25, -0.2) is 9.59 Å². The van der Waals surface area contributed by atoms with Gasteiger partial charge in [0.1, 0.15) is 18.1 Å². The lowest BCUT2D eigenvalue weighted by atomic mass is 10.2. The second-order valence-corrected chi connectivity index (χ2v) is 9.70. The molecule has 1 aromatic rings. The molecule has 0 fully saturated rings. The standard InChI is InChI=1S/C27H42O14S/c1-23(2)26(28)40-21-19-38-17-15-36-13-11-34-9-7-33-8-10-35-12-14-37-16-18-39-20-22-41-27(29)24-5-3-4-6-25(24)42(30,31)32/h3-6H,1,7-22H2,2H3,(H,30,31,32). The van der Waals surface area contributed by atoms with Crippen LogP contribution in [0.2, 0.25) is 0 Å². The van der Waals surface area contributed by atoms with E-state index in [0.29, 0.717) is 84.9 Å². The van der Waals surface area contributed by atoms with Crippen LogP contribution in [0.5, 0.6) is 0 Å². The van der Waals surface area contributed by atoms with Gasteiger partial charge in [0.2, 0.25) is 0 Å². The molecule has 0 aromatic heterocycles. The fourth-order valence-corrected chi connectivity index (χ4v) is 3.55. The van der Waals surface area contributed by atoms with Gasteiger partial charge in [0.25, 0.3) is 10.1 Å². The van der Waals surface area contributed by atoms with E-state index in [1.165, 1.54) is 18.2 Å². The highest BCUT2D eigenvalue weighted by Gasteiger charge is 2.20. The minimum Gasteiger partial charge on any atom is -0.460 e. The lowest BCUT2D eigenvalue weighted by Crippen LogP contribution is -2.16. The van der Waals surface area contributed by atoms with E-state index in [4.69, 9.17) is 42.6 Å². The van der Waals surface area contributed by atoms with Crippen molar-refractivity contribution in [1.82, 2.24) is 0 Å². The summed E-state index contributed by atoms with van der Waals surface area (Å²) in [6.07, 6.45) is 0. The van der Waals surface area contributed by atoms with E-state index in [1.807, 2.05) is 0 Å². The van der Waals surface area contributed by atoms with Crippen LogP contribution in [-0.2, 0) is 57.5 Å². The minimum atomic E-state index is -4.54. The fourth-order valence-electron chi connectivity index (χ4n) is 2.87. The molecule has 0 bridgehead atoms. The highest BCUT2D eigenvalue weighted by molar-refractivity contribution is 7.86. The van der Waals surface area contributed by atoms with Gasteiger partial charge in [0, 0.05) is 5.57 Å². The predicted octanol–water partition coefficient (Wildman–Crippen LogP) is 1.33. The lowest BCUT2D eigenvalue weighted by Gasteiger charge is -2.09. The Balaban J connectivity index is 1.79. The Hall–Kier alpha value is -2.47. The van der Waals surface area contributed by atoms with Crippen molar-refractivity contribution < 1.29 is 65.2 Å². The highest BCUT2D eigenvalue weighted by atomic mass is 32.2. The predicted molar refractivity (Wildman–Crippen MR) is 148 cm³/mol. The molecule has 0 saturated carbocycles. The fraction of sp³-hybridized carbons (Fsp3) is 0.630. The van der Waals surface area contributed by atoms with Gasteiger partial charge < -0.3 is 42.6 Å². The van der Waals surface area contributed by atoms with Crippen LogP contribution in [0.3, 0.4) is 0 Å². The summed E-state index contributed by atoms with van der Waals surface area (Å²) in [7, 11) is -4.54. The second-order valence-electron chi connectivity index (χ2n) is 8.31. The smallest absolute Gasteiger partial charge is 0.339 e. The number of hydrogen-bond donors (Lipinski definition) is 1. The topological polar surface area (TPSA) is 172 Å². The van der Waals surface area contributed by atoms with Crippen LogP contribution in [0.15, 0.2) is 41.3 Å². The molecule has 0 aliphatic carbocycles.